The molecule has 132 valence electrons. The first-order valence-electron chi connectivity index (χ1n) is 8.56. The monoisotopic (exact) mass is 348 g/mol. The predicted octanol–water partition coefficient (Wildman–Crippen LogP) is 3.44. The van der Waals surface area contributed by atoms with Gasteiger partial charge in [0.05, 0.1) is 11.1 Å². The van der Waals surface area contributed by atoms with E-state index in [9.17, 15) is 14.7 Å². The van der Waals surface area contributed by atoms with E-state index in [2.05, 4.69) is 10.3 Å². The third-order valence-corrected chi connectivity index (χ3v) is 4.28. The number of nitrogens with one attached hydrogen (secondary N) is 1. The number of carboxylic acid groups (broad SMARTS) is 1. The zero-order valence-corrected chi connectivity index (χ0v) is 14.3. The Kier molecular flexibility index (Phi) is 5.59. The Balaban J connectivity index is 1.67. The number of benzene rings is 2. The van der Waals surface area contributed by atoms with E-state index in [-0.39, 0.29) is 0 Å². The van der Waals surface area contributed by atoms with Crippen LogP contribution in [0.15, 0.2) is 66.9 Å². The summed E-state index contributed by atoms with van der Waals surface area (Å²) in [6, 6.07) is 17.9. The van der Waals surface area contributed by atoms with Gasteiger partial charge in [0.2, 0.25) is 0 Å². The van der Waals surface area contributed by atoms with Gasteiger partial charge in [-0.3, -0.25) is 9.78 Å². The lowest BCUT2D eigenvalue weighted by molar-refractivity contribution is -0.139. The molecule has 0 unspecified atom stereocenters. The minimum atomic E-state index is -1.03. The number of rotatable bonds is 7. The zero-order valence-electron chi connectivity index (χ0n) is 14.3. The molecule has 0 aliphatic heterocycles. The fourth-order valence-electron chi connectivity index (χ4n) is 2.94. The fourth-order valence-corrected chi connectivity index (χ4v) is 2.94. The number of hydrogen-bond acceptors (Lipinski definition) is 3. The van der Waals surface area contributed by atoms with Gasteiger partial charge in [0.25, 0.3) is 5.91 Å². The molecule has 1 atom stereocenters. The lowest BCUT2D eigenvalue weighted by atomic mass is 10.0. The number of hydrogen-bond donors (Lipinski definition) is 2. The van der Waals surface area contributed by atoms with Gasteiger partial charge < -0.3 is 10.4 Å². The first kappa shape index (κ1) is 17.6. The van der Waals surface area contributed by atoms with Crippen molar-refractivity contribution in [3.63, 3.8) is 0 Å². The molecular weight excluding hydrogens is 328 g/mol. The van der Waals surface area contributed by atoms with Crippen LogP contribution in [-0.2, 0) is 11.2 Å². The Bertz CT molecular complexity index is 904. The molecule has 0 fully saturated rings. The molecule has 0 aliphatic rings. The number of carbonyl (C=O) groups is 2. The molecule has 1 amide bonds. The van der Waals surface area contributed by atoms with Crippen molar-refractivity contribution in [3.8, 4) is 0 Å². The number of aromatic nitrogens is 1. The van der Waals surface area contributed by atoms with Crippen LogP contribution in [0.5, 0.6) is 0 Å². The number of carboxylic acids is 1. The summed E-state index contributed by atoms with van der Waals surface area (Å²) in [6.45, 7) is 0. The molecule has 2 aromatic carbocycles. The van der Waals surface area contributed by atoms with Crippen LogP contribution < -0.4 is 5.32 Å². The van der Waals surface area contributed by atoms with Crippen molar-refractivity contribution in [1.29, 1.82) is 0 Å². The van der Waals surface area contributed by atoms with E-state index in [0.29, 0.717) is 23.9 Å². The van der Waals surface area contributed by atoms with Gasteiger partial charge in [-0.1, -0.05) is 48.5 Å². The molecule has 2 N–H and O–H groups in total. The van der Waals surface area contributed by atoms with E-state index in [1.807, 2.05) is 42.5 Å². The minimum Gasteiger partial charge on any atom is -0.480 e. The molecule has 0 saturated carbocycles. The summed E-state index contributed by atoms with van der Waals surface area (Å²) < 4.78 is 0. The number of aryl methyl sites for hydroxylation is 1. The van der Waals surface area contributed by atoms with Crippen LogP contribution in [0.3, 0.4) is 0 Å². The van der Waals surface area contributed by atoms with Gasteiger partial charge >= 0.3 is 5.97 Å². The average molecular weight is 348 g/mol. The Hall–Kier alpha value is -3.21. The van der Waals surface area contributed by atoms with Gasteiger partial charge in [-0.2, -0.15) is 0 Å². The minimum absolute atomic E-state index is 0.369. The predicted molar refractivity (Wildman–Crippen MR) is 100 cm³/mol. The van der Waals surface area contributed by atoms with Crippen molar-refractivity contribution in [2.45, 2.75) is 25.3 Å². The van der Waals surface area contributed by atoms with Gasteiger partial charge in [0.15, 0.2) is 0 Å². The molecule has 3 rings (SSSR count). The molecule has 3 aromatic rings. The van der Waals surface area contributed by atoms with Crippen LogP contribution in [0.2, 0.25) is 0 Å². The van der Waals surface area contributed by atoms with Crippen LogP contribution >= 0.6 is 0 Å². The van der Waals surface area contributed by atoms with E-state index in [1.165, 1.54) is 0 Å². The second-order valence-electron chi connectivity index (χ2n) is 6.12. The molecular formula is C21H20N2O3. The van der Waals surface area contributed by atoms with E-state index in [1.54, 1.807) is 24.4 Å². The lowest BCUT2D eigenvalue weighted by Gasteiger charge is -2.15. The smallest absolute Gasteiger partial charge is 0.326 e. The van der Waals surface area contributed by atoms with Crippen LogP contribution in [0.4, 0.5) is 0 Å². The molecule has 1 heterocycles. The van der Waals surface area contributed by atoms with Crippen molar-refractivity contribution in [2.24, 2.45) is 0 Å². The average Bonchev–Trinajstić information content (AvgIpc) is 2.67. The Morgan fingerprint density at radius 1 is 1.00 bits per heavy atom. The molecule has 1 aromatic heterocycles. The number of aliphatic carboxylic acids is 1. The molecule has 0 spiro atoms. The van der Waals surface area contributed by atoms with Crippen molar-refractivity contribution in [1.82, 2.24) is 10.3 Å². The van der Waals surface area contributed by atoms with Gasteiger partial charge in [-0.25, -0.2) is 4.79 Å². The van der Waals surface area contributed by atoms with Crippen molar-refractivity contribution in [3.05, 3.63) is 78.0 Å². The summed E-state index contributed by atoms with van der Waals surface area (Å²) in [4.78, 5) is 28.4. The standard InChI is InChI=1S/C21H20N2O3/c24-20(17-12-5-10-16-11-6-14-22-19(16)17)23-18(21(25)26)13-4-9-15-7-2-1-3-8-15/h1-3,5-8,10-12,14,18H,4,9,13H2,(H,23,24)(H,25,26)/t18-/m1/s1. The highest BCUT2D eigenvalue weighted by molar-refractivity contribution is 6.06. The molecule has 0 bridgehead atoms. The normalized spacial score (nSPS) is 11.8. The van der Waals surface area contributed by atoms with E-state index < -0.39 is 17.9 Å². The summed E-state index contributed by atoms with van der Waals surface area (Å²) in [5.74, 6) is -1.44. The van der Waals surface area contributed by atoms with Crippen LogP contribution in [0, 0.1) is 0 Å². The van der Waals surface area contributed by atoms with Crippen molar-refractivity contribution < 1.29 is 14.7 Å². The van der Waals surface area contributed by atoms with Crippen LogP contribution in [0.1, 0.15) is 28.8 Å². The van der Waals surface area contributed by atoms with Crippen LogP contribution in [-0.4, -0.2) is 28.0 Å². The highest BCUT2D eigenvalue weighted by atomic mass is 16.4. The third-order valence-electron chi connectivity index (χ3n) is 4.28. The van der Waals surface area contributed by atoms with Gasteiger partial charge in [-0.15, -0.1) is 0 Å². The van der Waals surface area contributed by atoms with Crippen molar-refractivity contribution >= 4 is 22.8 Å². The summed E-state index contributed by atoms with van der Waals surface area (Å²) >= 11 is 0. The summed E-state index contributed by atoms with van der Waals surface area (Å²) in [5.41, 5.74) is 2.11. The second kappa shape index (κ2) is 8.25. The number of pyridine rings is 1. The first-order chi connectivity index (χ1) is 12.6. The Morgan fingerprint density at radius 3 is 2.54 bits per heavy atom. The maximum Gasteiger partial charge on any atom is 0.326 e. The number of nitrogens with zero attached hydrogens (tertiary/aromatic N) is 1. The highest BCUT2D eigenvalue weighted by Crippen LogP contribution is 2.16. The molecule has 0 aliphatic carbocycles. The fraction of sp³-hybridized carbons (Fsp3) is 0.190. The topological polar surface area (TPSA) is 79.3 Å². The SMILES string of the molecule is O=C(N[C@H](CCCc1ccccc1)C(=O)O)c1cccc2cccnc12. The van der Waals surface area contributed by atoms with Gasteiger partial charge in [0.1, 0.15) is 6.04 Å². The molecule has 5 nitrogen and oxygen atoms in total. The summed E-state index contributed by atoms with van der Waals surface area (Å²) in [6.07, 6.45) is 3.44. The maximum atomic E-state index is 12.6. The van der Waals surface area contributed by atoms with Crippen LogP contribution in [0.25, 0.3) is 10.9 Å². The molecule has 0 saturated heterocycles. The molecule has 0 radical (unpaired) electrons. The van der Waals surface area contributed by atoms with E-state index in [0.717, 1.165) is 17.4 Å². The lowest BCUT2D eigenvalue weighted by Crippen LogP contribution is -2.40. The van der Waals surface area contributed by atoms with Gasteiger partial charge in [0, 0.05) is 11.6 Å². The van der Waals surface area contributed by atoms with Crippen molar-refractivity contribution in [2.75, 3.05) is 0 Å². The number of para-hydroxylation sites is 1. The van der Waals surface area contributed by atoms with E-state index in [4.69, 9.17) is 0 Å². The quantitative estimate of drug-likeness (QED) is 0.685. The number of fused-ring (bicyclic) bond motifs is 1. The largest absolute Gasteiger partial charge is 0.480 e. The molecule has 26 heavy (non-hydrogen) atoms. The third kappa shape index (κ3) is 4.25. The summed E-state index contributed by atoms with van der Waals surface area (Å²) in [5, 5.41) is 12.9. The van der Waals surface area contributed by atoms with E-state index >= 15 is 0 Å². The number of carbonyl (C=O) groups excluding carboxylic acids is 1. The Morgan fingerprint density at radius 2 is 1.77 bits per heavy atom. The highest BCUT2D eigenvalue weighted by Gasteiger charge is 2.21. The Labute approximate surface area is 151 Å². The maximum absolute atomic E-state index is 12.6. The zero-order chi connectivity index (χ0) is 18.4. The van der Waals surface area contributed by atoms with Gasteiger partial charge in [-0.05, 0) is 37.0 Å². The molecule has 5 heteroatoms. The first-order valence-corrected chi connectivity index (χ1v) is 8.56. The summed E-state index contributed by atoms with van der Waals surface area (Å²) in [7, 11) is 0. The second-order valence-corrected chi connectivity index (χ2v) is 6.12. The number of amides is 1.